The zero-order valence-electron chi connectivity index (χ0n) is 11.9. The summed E-state index contributed by atoms with van der Waals surface area (Å²) < 4.78 is 18.3. The summed E-state index contributed by atoms with van der Waals surface area (Å²) in [4.78, 5) is 14.3. The molecule has 1 N–H and O–H groups in total. The predicted molar refractivity (Wildman–Crippen MR) is 75.2 cm³/mol. The summed E-state index contributed by atoms with van der Waals surface area (Å²) in [5.74, 6) is 0.0575. The maximum atomic E-state index is 12.8. The summed E-state index contributed by atoms with van der Waals surface area (Å²) >= 11 is 0. The molecule has 0 radical (unpaired) electrons. The highest BCUT2D eigenvalue weighted by Gasteiger charge is 2.22. The molecule has 0 aliphatic carbocycles. The molecule has 0 spiro atoms. The molecule has 0 bridgehead atoms. The lowest BCUT2D eigenvalue weighted by molar-refractivity contribution is -0.128. The van der Waals surface area contributed by atoms with Crippen molar-refractivity contribution in [3.8, 4) is 5.75 Å². The standard InChI is InChI=1S/C15H21FN2O2/c1-11(20-14-5-3-12(16)4-6-14)15(19)17-13-7-9-18(2)10-8-13/h3-6,11,13H,7-10H2,1-2H3,(H,17,19). The fourth-order valence-corrected chi connectivity index (χ4v) is 2.24. The molecule has 1 saturated heterocycles. The first-order valence-electron chi connectivity index (χ1n) is 6.96. The molecule has 2 rings (SSSR count). The van der Waals surface area contributed by atoms with E-state index in [0.29, 0.717) is 5.75 Å². The highest BCUT2D eigenvalue weighted by molar-refractivity contribution is 5.81. The van der Waals surface area contributed by atoms with E-state index in [2.05, 4.69) is 17.3 Å². The third-order valence-electron chi connectivity index (χ3n) is 3.56. The van der Waals surface area contributed by atoms with E-state index in [4.69, 9.17) is 4.74 Å². The summed E-state index contributed by atoms with van der Waals surface area (Å²) in [7, 11) is 2.08. The van der Waals surface area contributed by atoms with Crippen LogP contribution in [0.4, 0.5) is 4.39 Å². The number of ether oxygens (including phenoxy) is 1. The van der Waals surface area contributed by atoms with Crippen LogP contribution in [-0.4, -0.2) is 43.1 Å². The zero-order chi connectivity index (χ0) is 14.5. The second kappa shape index (κ2) is 6.70. The molecule has 1 heterocycles. The summed E-state index contributed by atoms with van der Waals surface area (Å²) in [6, 6.07) is 5.90. The molecule has 1 aliphatic rings. The van der Waals surface area contributed by atoms with Crippen LogP contribution in [0.25, 0.3) is 0 Å². The van der Waals surface area contributed by atoms with Gasteiger partial charge in [0.15, 0.2) is 6.10 Å². The van der Waals surface area contributed by atoms with Crippen molar-refractivity contribution >= 4 is 5.91 Å². The van der Waals surface area contributed by atoms with E-state index in [9.17, 15) is 9.18 Å². The topological polar surface area (TPSA) is 41.6 Å². The second-order valence-electron chi connectivity index (χ2n) is 5.30. The summed E-state index contributed by atoms with van der Waals surface area (Å²) in [6.07, 6.45) is 1.34. The number of nitrogens with zero attached hydrogens (tertiary/aromatic N) is 1. The fourth-order valence-electron chi connectivity index (χ4n) is 2.24. The van der Waals surface area contributed by atoms with Gasteiger partial charge in [-0.05, 0) is 64.2 Å². The number of carbonyl (C=O) groups excluding carboxylic acids is 1. The van der Waals surface area contributed by atoms with Gasteiger partial charge < -0.3 is 15.0 Å². The van der Waals surface area contributed by atoms with Gasteiger partial charge in [-0.2, -0.15) is 0 Å². The van der Waals surface area contributed by atoms with Gasteiger partial charge in [-0.25, -0.2) is 4.39 Å². The van der Waals surface area contributed by atoms with Crippen molar-refractivity contribution in [3.63, 3.8) is 0 Å². The Balaban J connectivity index is 1.81. The van der Waals surface area contributed by atoms with Crippen molar-refractivity contribution in [3.05, 3.63) is 30.1 Å². The molecule has 1 amide bonds. The number of likely N-dealkylation sites (tertiary alicyclic amines) is 1. The van der Waals surface area contributed by atoms with E-state index in [1.165, 1.54) is 24.3 Å². The molecule has 1 atom stereocenters. The molecule has 4 nitrogen and oxygen atoms in total. The first-order chi connectivity index (χ1) is 9.54. The van der Waals surface area contributed by atoms with E-state index in [1.807, 2.05) is 0 Å². The molecule has 1 aromatic carbocycles. The molecule has 1 aliphatic heterocycles. The van der Waals surface area contributed by atoms with Crippen molar-refractivity contribution in [2.24, 2.45) is 0 Å². The molecular weight excluding hydrogens is 259 g/mol. The lowest BCUT2D eigenvalue weighted by Crippen LogP contribution is -2.47. The number of amides is 1. The van der Waals surface area contributed by atoms with E-state index >= 15 is 0 Å². The maximum absolute atomic E-state index is 12.8. The lowest BCUT2D eigenvalue weighted by atomic mass is 10.1. The highest BCUT2D eigenvalue weighted by Crippen LogP contribution is 2.14. The minimum atomic E-state index is -0.583. The van der Waals surface area contributed by atoms with Gasteiger partial charge >= 0.3 is 0 Å². The van der Waals surface area contributed by atoms with E-state index in [-0.39, 0.29) is 17.8 Å². The smallest absolute Gasteiger partial charge is 0.260 e. The van der Waals surface area contributed by atoms with Crippen LogP contribution in [0, 0.1) is 5.82 Å². The number of hydrogen-bond acceptors (Lipinski definition) is 3. The van der Waals surface area contributed by atoms with Crippen molar-refractivity contribution in [2.45, 2.75) is 31.9 Å². The van der Waals surface area contributed by atoms with Crippen LogP contribution < -0.4 is 10.1 Å². The molecule has 0 aromatic heterocycles. The molecule has 110 valence electrons. The zero-order valence-corrected chi connectivity index (χ0v) is 11.9. The average Bonchev–Trinajstić information content (AvgIpc) is 2.44. The van der Waals surface area contributed by atoms with Crippen molar-refractivity contribution in [1.29, 1.82) is 0 Å². The monoisotopic (exact) mass is 280 g/mol. The van der Waals surface area contributed by atoms with Crippen LogP contribution in [-0.2, 0) is 4.79 Å². The number of carbonyl (C=O) groups is 1. The first kappa shape index (κ1) is 14.8. The third-order valence-corrected chi connectivity index (χ3v) is 3.56. The molecule has 0 saturated carbocycles. The van der Waals surface area contributed by atoms with Crippen LogP contribution >= 0.6 is 0 Å². The molecule has 1 unspecified atom stereocenters. The Hall–Kier alpha value is -1.62. The molecule has 5 heteroatoms. The van der Waals surface area contributed by atoms with Crippen LogP contribution in [0.15, 0.2) is 24.3 Å². The summed E-state index contributed by atoms with van der Waals surface area (Å²) in [6.45, 7) is 3.70. The Kier molecular flexibility index (Phi) is 4.95. The van der Waals surface area contributed by atoms with Crippen LogP contribution in [0.1, 0.15) is 19.8 Å². The van der Waals surface area contributed by atoms with Crippen LogP contribution in [0.3, 0.4) is 0 Å². The number of piperidine rings is 1. The SMILES string of the molecule is CC(Oc1ccc(F)cc1)C(=O)NC1CCN(C)CC1. The molecule has 20 heavy (non-hydrogen) atoms. The lowest BCUT2D eigenvalue weighted by Gasteiger charge is -2.30. The van der Waals surface area contributed by atoms with Gasteiger partial charge in [-0.1, -0.05) is 0 Å². The predicted octanol–water partition coefficient (Wildman–Crippen LogP) is 1.80. The molecular formula is C15H21FN2O2. The number of nitrogens with one attached hydrogen (secondary N) is 1. The van der Waals surface area contributed by atoms with Gasteiger partial charge in [-0.3, -0.25) is 4.79 Å². The summed E-state index contributed by atoms with van der Waals surface area (Å²) in [5.41, 5.74) is 0. The Bertz CT molecular complexity index is 442. The van der Waals surface area contributed by atoms with Crippen molar-refractivity contribution in [2.75, 3.05) is 20.1 Å². The Morgan fingerprint density at radius 3 is 2.55 bits per heavy atom. The van der Waals surface area contributed by atoms with Gasteiger partial charge in [0.2, 0.25) is 0 Å². The highest BCUT2D eigenvalue weighted by atomic mass is 19.1. The van der Waals surface area contributed by atoms with E-state index in [0.717, 1.165) is 25.9 Å². The fraction of sp³-hybridized carbons (Fsp3) is 0.533. The van der Waals surface area contributed by atoms with Gasteiger partial charge in [0.05, 0.1) is 0 Å². The number of hydrogen-bond donors (Lipinski definition) is 1. The Labute approximate surface area is 118 Å². The third kappa shape index (κ3) is 4.20. The Morgan fingerprint density at radius 2 is 1.95 bits per heavy atom. The van der Waals surface area contributed by atoms with Gasteiger partial charge in [0, 0.05) is 6.04 Å². The van der Waals surface area contributed by atoms with Crippen LogP contribution in [0.5, 0.6) is 5.75 Å². The van der Waals surface area contributed by atoms with Gasteiger partial charge in [-0.15, -0.1) is 0 Å². The minimum absolute atomic E-state index is 0.121. The van der Waals surface area contributed by atoms with Gasteiger partial charge in [0.1, 0.15) is 11.6 Å². The molecule has 1 aromatic rings. The second-order valence-corrected chi connectivity index (χ2v) is 5.30. The normalized spacial score (nSPS) is 18.6. The first-order valence-corrected chi connectivity index (χ1v) is 6.96. The number of benzene rings is 1. The average molecular weight is 280 g/mol. The minimum Gasteiger partial charge on any atom is -0.481 e. The number of rotatable bonds is 4. The summed E-state index contributed by atoms with van der Waals surface area (Å²) in [5, 5.41) is 3.01. The van der Waals surface area contributed by atoms with Crippen LogP contribution in [0.2, 0.25) is 0 Å². The quantitative estimate of drug-likeness (QED) is 0.914. The largest absolute Gasteiger partial charge is 0.481 e. The maximum Gasteiger partial charge on any atom is 0.260 e. The molecule has 1 fully saturated rings. The van der Waals surface area contributed by atoms with Gasteiger partial charge in [0.25, 0.3) is 5.91 Å². The van der Waals surface area contributed by atoms with Crippen molar-refractivity contribution in [1.82, 2.24) is 10.2 Å². The van der Waals surface area contributed by atoms with E-state index < -0.39 is 6.10 Å². The van der Waals surface area contributed by atoms with E-state index in [1.54, 1.807) is 6.92 Å². The Morgan fingerprint density at radius 1 is 1.35 bits per heavy atom. The number of halogens is 1. The van der Waals surface area contributed by atoms with Crippen molar-refractivity contribution < 1.29 is 13.9 Å².